The number of carboxylic acid groups (broad SMARTS) is 1. The lowest BCUT2D eigenvalue weighted by Gasteiger charge is -2.29. The van der Waals surface area contributed by atoms with Crippen LogP contribution >= 0.6 is 17.0 Å². The molecule has 0 spiro atoms. The molecule has 0 aliphatic carbocycles. The number of anilines is 1. The number of Topliss-reactive ketones (excluding diaryl/α,β-unsaturated/α-hetero) is 1. The molecule has 2 aliphatic rings. The Morgan fingerprint density at radius 3 is 2.47 bits per heavy atom. The molecule has 4 rings (SSSR count). The van der Waals surface area contributed by atoms with E-state index in [1.54, 1.807) is 23.1 Å². The van der Waals surface area contributed by atoms with Gasteiger partial charge in [0.15, 0.2) is 12.4 Å². The molecular formula is C26H33BrN4O5. The first kappa shape index (κ1) is 27.6. The SMILES string of the molecule is Br.CC(C)(C)c1cc(C(=O)CN2Cc3ccc(CO)nc3C2=N)cc(N2CCCC2)c1OCC(=O)O. The topological polar surface area (TPSA) is 127 Å². The number of carbonyl (C=O) groups excluding carboxylic acids is 1. The van der Waals surface area contributed by atoms with Crippen molar-refractivity contribution in [3.63, 3.8) is 0 Å². The molecule has 2 aliphatic heterocycles. The van der Waals surface area contributed by atoms with Crippen LogP contribution in [-0.4, -0.2) is 63.9 Å². The third kappa shape index (κ3) is 5.70. The summed E-state index contributed by atoms with van der Waals surface area (Å²) in [5.74, 6) is -0.510. The number of carboxylic acids is 1. The van der Waals surface area contributed by atoms with Gasteiger partial charge >= 0.3 is 5.97 Å². The van der Waals surface area contributed by atoms with Gasteiger partial charge in [0.2, 0.25) is 0 Å². The van der Waals surface area contributed by atoms with Crippen LogP contribution in [0.25, 0.3) is 0 Å². The summed E-state index contributed by atoms with van der Waals surface area (Å²) in [4.78, 5) is 32.9. The van der Waals surface area contributed by atoms with Crippen molar-refractivity contribution in [2.45, 2.75) is 52.2 Å². The number of ether oxygens (including phenoxy) is 1. The zero-order valence-corrected chi connectivity index (χ0v) is 22.5. The van der Waals surface area contributed by atoms with Crippen LogP contribution in [0.1, 0.15) is 66.5 Å². The second kappa shape index (κ2) is 11.0. The van der Waals surface area contributed by atoms with Crippen molar-refractivity contribution < 1.29 is 24.5 Å². The minimum atomic E-state index is -1.05. The number of nitrogens with zero attached hydrogens (tertiary/aromatic N) is 3. The van der Waals surface area contributed by atoms with Crippen molar-refractivity contribution in [3.8, 4) is 5.75 Å². The predicted molar refractivity (Wildman–Crippen MR) is 142 cm³/mol. The van der Waals surface area contributed by atoms with Crippen LogP contribution in [0.5, 0.6) is 5.75 Å². The maximum atomic E-state index is 13.5. The summed E-state index contributed by atoms with van der Waals surface area (Å²) >= 11 is 0. The summed E-state index contributed by atoms with van der Waals surface area (Å²) in [6.07, 6.45) is 2.04. The van der Waals surface area contributed by atoms with Crippen LogP contribution in [0.3, 0.4) is 0 Å². The summed E-state index contributed by atoms with van der Waals surface area (Å²) in [5, 5.41) is 27.1. The molecule has 1 aromatic heterocycles. The number of ketones is 1. The van der Waals surface area contributed by atoms with Gasteiger partial charge in [-0.05, 0) is 36.5 Å². The molecule has 36 heavy (non-hydrogen) atoms. The Morgan fingerprint density at radius 2 is 1.86 bits per heavy atom. The molecule has 3 heterocycles. The Morgan fingerprint density at radius 1 is 1.17 bits per heavy atom. The lowest BCUT2D eigenvalue weighted by Crippen LogP contribution is -2.31. The van der Waals surface area contributed by atoms with E-state index in [1.165, 1.54) is 0 Å². The van der Waals surface area contributed by atoms with Crippen molar-refractivity contribution in [1.29, 1.82) is 5.41 Å². The number of halogens is 1. The quantitative estimate of drug-likeness (QED) is 0.418. The highest BCUT2D eigenvalue weighted by Crippen LogP contribution is 2.41. The van der Waals surface area contributed by atoms with Crippen LogP contribution in [0.15, 0.2) is 24.3 Å². The second-order valence-corrected chi connectivity index (χ2v) is 10.1. The molecule has 0 bridgehead atoms. The van der Waals surface area contributed by atoms with E-state index in [0.29, 0.717) is 29.2 Å². The molecule has 10 heteroatoms. The van der Waals surface area contributed by atoms with Crippen LogP contribution in [0.4, 0.5) is 5.69 Å². The van der Waals surface area contributed by atoms with E-state index >= 15 is 0 Å². The molecule has 0 radical (unpaired) electrons. The molecule has 0 amide bonds. The lowest BCUT2D eigenvalue weighted by atomic mass is 9.84. The first-order valence-corrected chi connectivity index (χ1v) is 11.8. The Labute approximate surface area is 221 Å². The summed E-state index contributed by atoms with van der Waals surface area (Å²) in [5.41, 5.74) is 3.48. The Kier molecular flexibility index (Phi) is 8.40. The molecule has 0 unspecified atom stereocenters. The number of carbonyl (C=O) groups is 2. The van der Waals surface area contributed by atoms with Gasteiger partial charge in [-0.1, -0.05) is 26.8 Å². The van der Waals surface area contributed by atoms with E-state index in [4.69, 9.17) is 10.1 Å². The van der Waals surface area contributed by atoms with Gasteiger partial charge in [0, 0.05) is 36.3 Å². The fraction of sp³-hybridized carbons (Fsp3) is 0.462. The van der Waals surface area contributed by atoms with E-state index in [1.807, 2.05) is 26.8 Å². The zero-order chi connectivity index (χ0) is 25.3. The van der Waals surface area contributed by atoms with Crippen molar-refractivity contribution in [2.24, 2.45) is 0 Å². The standard InChI is InChI=1S/C26H32N4O5.BrH/c1-26(2,3)19-10-17(11-20(29-8-4-5-9-29)24(19)35-15-22(33)34)21(32)13-30-12-16-6-7-18(14-31)28-23(16)25(30)27;/h6-7,10-11,27,31H,4-5,8-9,12-15H2,1-3H3,(H,33,34);1H. The highest BCUT2D eigenvalue weighted by molar-refractivity contribution is 8.93. The lowest BCUT2D eigenvalue weighted by molar-refractivity contribution is -0.139. The van der Waals surface area contributed by atoms with Gasteiger partial charge in [0.1, 0.15) is 17.3 Å². The van der Waals surface area contributed by atoms with Crippen LogP contribution < -0.4 is 9.64 Å². The van der Waals surface area contributed by atoms with Crippen molar-refractivity contribution in [1.82, 2.24) is 9.88 Å². The minimum absolute atomic E-state index is 0. The van der Waals surface area contributed by atoms with Crippen molar-refractivity contribution in [3.05, 3.63) is 52.3 Å². The normalized spacial score (nSPS) is 15.1. The number of rotatable bonds is 8. The van der Waals surface area contributed by atoms with E-state index in [0.717, 1.165) is 42.7 Å². The minimum Gasteiger partial charge on any atom is -0.479 e. The molecule has 2 aromatic rings. The number of aliphatic carboxylic acids is 1. The van der Waals surface area contributed by atoms with Gasteiger partial charge in [0.05, 0.1) is 24.5 Å². The van der Waals surface area contributed by atoms with Crippen LogP contribution in [0, 0.1) is 5.41 Å². The van der Waals surface area contributed by atoms with Crippen LogP contribution in [-0.2, 0) is 23.4 Å². The highest BCUT2D eigenvalue weighted by Gasteiger charge is 2.31. The van der Waals surface area contributed by atoms with Gasteiger partial charge in [-0.3, -0.25) is 10.2 Å². The molecule has 3 N–H and O–H groups in total. The molecule has 1 aromatic carbocycles. The average Bonchev–Trinajstić information content (AvgIpc) is 3.45. The number of benzene rings is 1. The Hall–Kier alpha value is -2.98. The number of aliphatic hydroxyl groups excluding tert-OH is 1. The van der Waals surface area contributed by atoms with E-state index in [2.05, 4.69) is 9.88 Å². The summed E-state index contributed by atoms with van der Waals surface area (Å²) in [6, 6.07) is 7.17. The average molecular weight is 561 g/mol. The first-order valence-electron chi connectivity index (χ1n) is 11.8. The predicted octanol–water partition coefficient (Wildman–Crippen LogP) is 3.54. The number of pyridine rings is 1. The number of nitrogens with one attached hydrogen (secondary N) is 1. The van der Waals surface area contributed by atoms with E-state index < -0.39 is 12.6 Å². The molecule has 1 fully saturated rings. The smallest absolute Gasteiger partial charge is 0.341 e. The van der Waals surface area contributed by atoms with Crippen molar-refractivity contribution >= 4 is 40.3 Å². The number of hydrogen-bond donors (Lipinski definition) is 3. The number of amidine groups is 1. The third-order valence-corrected chi connectivity index (χ3v) is 6.42. The Balaban J connectivity index is 0.00000361. The molecule has 1 saturated heterocycles. The zero-order valence-electron chi connectivity index (χ0n) is 20.8. The number of aromatic nitrogens is 1. The molecule has 0 atom stereocenters. The third-order valence-electron chi connectivity index (χ3n) is 6.42. The van der Waals surface area contributed by atoms with Gasteiger partial charge in [-0.25, -0.2) is 9.78 Å². The highest BCUT2D eigenvalue weighted by atomic mass is 79.9. The van der Waals surface area contributed by atoms with Gasteiger partial charge in [0.25, 0.3) is 0 Å². The molecular weight excluding hydrogens is 528 g/mol. The van der Waals surface area contributed by atoms with Gasteiger partial charge in [-0.2, -0.15) is 0 Å². The largest absolute Gasteiger partial charge is 0.479 e. The fourth-order valence-electron chi connectivity index (χ4n) is 4.59. The summed E-state index contributed by atoms with van der Waals surface area (Å²) in [7, 11) is 0. The number of fused-ring (bicyclic) bond motifs is 1. The maximum Gasteiger partial charge on any atom is 0.341 e. The van der Waals surface area contributed by atoms with Crippen molar-refractivity contribution in [2.75, 3.05) is 31.1 Å². The van der Waals surface area contributed by atoms with Crippen LogP contribution in [0.2, 0.25) is 0 Å². The second-order valence-electron chi connectivity index (χ2n) is 10.1. The number of aliphatic hydroxyl groups is 1. The van der Waals surface area contributed by atoms with Gasteiger partial charge < -0.3 is 24.7 Å². The maximum absolute atomic E-state index is 13.5. The first-order chi connectivity index (χ1) is 16.6. The molecule has 9 nitrogen and oxygen atoms in total. The monoisotopic (exact) mass is 560 g/mol. The fourth-order valence-corrected chi connectivity index (χ4v) is 4.59. The van der Waals surface area contributed by atoms with Gasteiger partial charge in [-0.15, -0.1) is 17.0 Å². The molecule has 194 valence electrons. The summed E-state index contributed by atoms with van der Waals surface area (Å²) in [6.45, 7) is 7.42. The molecule has 0 saturated carbocycles. The summed E-state index contributed by atoms with van der Waals surface area (Å²) < 4.78 is 5.79. The van der Waals surface area contributed by atoms with E-state index in [9.17, 15) is 19.8 Å². The Bertz CT molecular complexity index is 1170. The number of hydrogen-bond acceptors (Lipinski definition) is 7. The van der Waals surface area contributed by atoms with E-state index in [-0.39, 0.29) is 47.2 Å².